The van der Waals surface area contributed by atoms with Gasteiger partial charge in [0.1, 0.15) is 0 Å². The van der Waals surface area contributed by atoms with Crippen LogP contribution in [0.3, 0.4) is 0 Å². The summed E-state index contributed by atoms with van der Waals surface area (Å²) in [7, 11) is -1.46. The van der Waals surface area contributed by atoms with Gasteiger partial charge in [0.25, 0.3) is 0 Å². The summed E-state index contributed by atoms with van der Waals surface area (Å²) in [5.41, 5.74) is 3.21. The van der Waals surface area contributed by atoms with Gasteiger partial charge in [-0.3, -0.25) is 4.72 Å². The predicted molar refractivity (Wildman–Crippen MR) is 100 cm³/mol. The number of hydrogen-bond acceptors (Lipinski definition) is 3. The normalized spacial score (nSPS) is 12.6. The first kappa shape index (κ1) is 16.7. The first-order valence-corrected chi connectivity index (χ1v) is 9.60. The van der Waals surface area contributed by atoms with E-state index in [2.05, 4.69) is 9.71 Å². The Hall–Kier alpha value is -1.14. The fraction of sp³-hybridized carbons (Fsp3) is 0.188. The van der Waals surface area contributed by atoms with Crippen molar-refractivity contribution in [1.82, 2.24) is 4.98 Å². The van der Waals surface area contributed by atoms with Crippen molar-refractivity contribution < 1.29 is 4.21 Å². The lowest BCUT2D eigenvalue weighted by Gasteiger charge is -2.13. The minimum atomic E-state index is -1.46. The maximum absolute atomic E-state index is 12.7. The largest absolute Gasteiger partial charge is 0.299 e. The molecule has 0 bridgehead atoms. The van der Waals surface area contributed by atoms with Gasteiger partial charge in [0, 0.05) is 10.6 Å². The first-order chi connectivity index (χ1) is 10.9. The molecule has 0 aliphatic rings. The van der Waals surface area contributed by atoms with Crippen LogP contribution in [0.25, 0.3) is 10.2 Å². The molecule has 0 amide bonds. The average molecular weight is 385 g/mol. The number of aromatic nitrogens is 1. The van der Waals surface area contributed by atoms with Crippen LogP contribution in [0.2, 0.25) is 10.0 Å². The number of rotatable bonds is 3. The fourth-order valence-corrected chi connectivity index (χ4v) is 5.08. The van der Waals surface area contributed by atoms with Gasteiger partial charge in [-0.25, -0.2) is 9.19 Å². The Labute approximate surface area is 151 Å². The molecule has 0 spiro atoms. The maximum atomic E-state index is 12.7. The average Bonchev–Trinajstić information content (AvgIpc) is 2.86. The second-order valence-electron chi connectivity index (χ2n) is 5.17. The zero-order valence-corrected chi connectivity index (χ0v) is 15.9. The third kappa shape index (κ3) is 3.11. The fourth-order valence-electron chi connectivity index (χ4n) is 2.36. The van der Waals surface area contributed by atoms with E-state index in [0.29, 0.717) is 20.6 Å². The van der Waals surface area contributed by atoms with E-state index in [0.717, 1.165) is 26.4 Å². The topological polar surface area (TPSA) is 42.0 Å². The molecule has 0 aliphatic heterocycles. The number of nitrogens with zero attached hydrogens (tertiary/aromatic N) is 1. The van der Waals surface area contributed by atoms with E-state index in [1.165, 1.54) is 0 Å². The molecular weight excluding hydrogens is 371 g/mol. The first-order valence-electron chi connectivity index (χ1n) is 6.88. The van der Waals surface area contributed by atoms with E-state index in [4.69, 9.17) is 23.2 Å². The van der Waals surface area contributed by atoms with Crippen LogP contribution in [0.15, 0.2) is 29.2 Å². The molecule has 1 N–H and O–H groups in total. The van der Waals surface area contributed by atoms with Crippen LogP contribution in [-0.2, 0) is 11.0 Å². The van der Waals surface area contributed by atoms with Crippen molar-refractivity contribution >= 4 is 61.4 Å². The highest BCUT2D eigenvalue weighted by Gasteiger charge is 2.16. The summed E-state index contributed by atoms with van der Waals surface area (Å²) in [6.07, 6.45) is 0. The molecule has 2 aromatic carbocycles. The van der Waals surface area contributed by atoms with Crippen LogP contribution < -0.4 is 4.72 Å². The van der Waals surface area contributed by atoms with Gasteiger partial charge in [-0.1, -0.05) is 29.3 Å². The maximum Gasteiger partial charge on any atom is 0.150 e. The lowest BCUT2D eigenvalue weighted by Crippen LogP contribution is -2.08. The minimum absolute atomic E-state index is 0.534. The second kappa shape index (κ2) is 6.40. The highest BCUT2D eigenvalue weighted by molar-refractivity contribution is 7.86. The monoisotopic (exact) mass is 384 g/mol. The van der Waals surface area contributed by atoms with E-state index < -0.39 is 11.0 Å². The molecule has 120 valence electrons. The molecule has 0 radical (unpaired) electrons. The number of hydrogen-bond donors (Lipinski definition) is 1. The predicted octanol–water partition coefficient (Wildman–Crippen LogP) is 5.66. The van der Waals surface area contributed by atoms with Gasteiger partial charge < -0.3 is 0 Å². The Bertz CT molecular complexity index is 937. The van der Waals surface area contributed by atoms with Gasteiger partial charge in [-0.2, -0.15) is 0 Å². The number of fused-ring (bicyclic) bond motifs is 1. The van der Waals surface area contributed by atoms with Gasteiger partial charge in [0.05, 0.1) is 30.8 Å². The number of anilines is 1. The molecule has 0 fully saturated rings. The lowest BCUT2D eigenvalue weighted by molar-refractivity contribution is 0.686. The van der Waals surface area contributed by atoms with E-state index in [-0.39, 0.29) is 0 Å². The summed E-state index contributed by atoms with van der Waals surface area (Å²) in [4.78, 5) is 5.17. The van der Waals surface area contributed by atoms with Gasteiger partial charge in [0.15, 0.2) is 11.0 Å². The molecule has 23 heavy (non-hydrogen) atoms. The quantitative estimate of drug-likeness (QED) is 0.632. The molecule has 3 nitrogen and oxygen atoms in total. The van der Waals surface area contributed by atoms with E-state index >= 15 is 0 Å². The summed E-state index contributed by atoms with van der Waals surface area (Å²) in [5, 5.41) is 2.10. The Kier molecular flexibility index (Phi) is 4.65. The van der Waals surface area contributed by atoms with Crippen LogP contribution in [0.5, 0.6) is 0 Å². The van der Waals surface area contributed by atoms with Crippen molar-refractivity contribution in [1.29, 1.82) is 0 Å². The van der Waals surface area contributed by atoms with Gasteiger partial charge in [-0.15, -0.1) is 11.3 Å². The number of thiazole rings is 1. The molecule has 3 aromatic rings. The van der Waals surface area contributed by atoms with Crippen molar-refractivity contribution in [3.05, 3.63) is 50.4 Å². The SMILES string of the molecule is Cc1nc2c(C)c(NS(=O)c3cccc(Cl)c3C)c(Cl)cc2s1. The molecule has 0 saturated carbocycles. The van der Waals surface area contributed by atoms with Gasteiger partial charge in [0.2, 0.25) is 0 Å². The van der Waals surface area contributed by atoms with E-state index in [9.17, 15) is 4.21 Å². The minimum Gasteiger partial charge on any atom is -0.299 e. The third-order valence-corrected chi connectivity index (χ3v) is 6.46. The van der Waals surface area contributed by atoms with Gasteiger partial charge in [-0.05, 0) is 44.5 Å². The molecule has 1 unspecified atom stereocenters. The van der Waals surface area contributed by atoms with Crippen LogP contribution in [0.1, 0.15) is 16.1 Å². The van der Waals surface area contributed by atoms with Crippen LogP contribution >= 0.6 is 34.5 Å². The molecule has 7 heteroatoms. The molecular formula is C16H14Cl2N2OS2. The van der Waals surface area contributed by atoms with E-state index in [1.807, 2.05) is 26.8 Å². The number of aryl methyl sites for hydroxylation is 2. The molecule has 0 aliphatic carbocycles. The number of nitrogens with one attached hydrogen (secondary N) is 1. The van der Waals surface area contributed by atoms with Gasteiger partial charge >= 0.3 is 0 Å². The Balaban J connectivity index is 2.04. The summed E-state index contributed by atoms with van der Waals surface area (Å²) in [6.45, 7) is 5.73. The molecule has 3 rings (SSSR count). The zero-order valence-electron chi connectivity index (χ0n) is 12.7. The highest BCUT2D eigenvalue weighted by Crippen LogP contribution is 2.36. The standard InChI is InChI=1S/C16H14Cl2N2OS2/c1-8-11(17)5-4-6-14(8)23(21)20-15-9(2)16-13(7-12(15)18)22-10(3)19-16/h4-7,20H,1-3H3. The summed E-state index contributed by atoms with van der Waals surface area (Å²) < 4.78 is 16.7. The Morgan fingerprint density at radius 3 is 2.61 bits per heavy atom. The summed E-state index contributed by atoms with van der Waals surface area (Å²) >= 11 is 14.1. The van der Waals surface area contributed by atoms with Crippen molar-refractivity contribution in [2.75, 3.05) is 4.72 Å². The Morgan fingerprint density at radius 1 is 1.13 bits per heavy atom. The summed E-state index contributed by atoms with van der Waals surface area (Å²) in [6, 6.07) is 7.21. The molecule has 1 aromatic heterocycles. The van der Waals surface area contributed by atoms with Crippen LogP contribution in [0.4, 0.5) is 5.69 Å². The summed E-state index contributed by atoms with van der Waals surface area (Å²) in [5.74, 6) is 0. The zero-order chi connectivity index (χ0) is 16.7. The number of benzene rings is 2. The Morgan fingerprint density at radius 2 is 1.87 bits per heavy atom. The van der Waals surface area contributed by atoms with Crippen LogP contribution in [0, 0.1) is 20.8 Å². The van der Waals surface area contributed by atoms with E-state index in [1.54, 1.807) is 29.5 Å². The molecule has 0 saturated heterocycles. The molecule has 1 atom stereocenters. The van der Waals surface area contributed by atoms with Crippen molar-refractivity contribution in [2.45, 2.75) is 25.7 Å². The smallest absolute Gasteiger partial charge is 0.150 e. The van der Waals surface area contributed by atoms with Crippen LogP contribution in [-0.4, -0.2) is 9.19 Å². The van der Waals surface area contributed by atoms with Crippen molar-refractivity contribution in [3.8, 4) is 0 Å². The van der Waals surface area contributed by atoms with Crippen molar-refractivity contribution in [3.63, 3.8) is 0 Å². The number of halogens is 2. The highest BCUT2D eigenvalue weighted by atomic mass is 35.5. The lowest BCUT2D eigenvalue weighted by atomic mass is 10.2. The molecule has 1 heterocycles. The van der Waals surface area contributed by atoms with Crippen molar-refractivity contribution in [2.24, 2.45) is 0 Å². The second-order valence-corrected chi connectivity index (χ2v) is 8.40. The third-order valence-electron chi connectivity index (χ3n) is 3.60.